The van der Waals surface area contributed by atoms with Crippen LogP contribution in [0.15, 0.2) is 30.3 Å². The van der Waals surface area contributed by atoms with Gasteiger partial charge in [-0.15, -0.1) is 0 Å². The molecular formula is C22H31N5O9. The van der Waals surface area contributed by atoms with E-state index in [-0.39, 0.29) is 25.7 Å². The van der Waals surface area contributed by atoms with Crippen molar-refractivity contribution in [2.24, 2.45) is 11.5 Å². The van der Waals surface area contributed by atoms with Gasteiger partial charge < -0.3 is 42.7 Å². The summed E-state index contributed by atoms with van der Waals surface area (Å²) in [6.45, 7) is -0.910. The van der Waals surface area contributed by atoms with Gasteiger partial charge in [0.25, 0.3) is 0 Å². The summed E-state index contributed by atoms with van der Waals surface area (Å²) in [7, 11) is 0. The van der Waals surface area contributed by atoms with Crippen LogP contribution in [0.1, 0.15) is 31.2 Å². The molecule has 0 aliphatic carbocycles. The fraction of sp³-hybridized carbons (Fsp3) is 0.455. The Morgan fingerprint density at radius 2 is 1.33 bits per heavy atom. The highest BCUT2D eigenvalue weighted by Crippen LogP contribution is 2.05. The fourth-order valence-corrected chi connectivity index (χ4v) is 3.03. The summed E-state index contributed by atoms with van der Waals surface area (Å²) < 4.78 is 0. The molecule has 0 aromatic heterocycles. The quantitative estimate of drug-likeness (QED) is 0.114. The molecule has 0 spiro atoms. The number of hydrogen-bond acceptors (Lipinski definition) is 8. The third-order valence-electron chi connectivity index (χ3n) is 5.03. The summed E-state index contributed by atoms with van der Waals surface area (Å²) in [6.07, 6.45) is -1.27. The minimum Gasteiger partial charge on any atom is -0.481 e. The van der Waals surface area contributed by atoms with Gasteiger partial charge in [0.2, 0.25) is 23.6 Å². The van der Waals surface area contributed by atoms with E-state index in [2.05, 4.69) is 16.0 Å². The lowest BCUT2D eigenvalue weighted by atomic mass is 10.1. The molecule has 0 bridgehead atoms. The summed E-state index contributed by atoms with van der Waals surface area (Å²) >= 11 is 0. The predicted molar refractivity (Wildman–Crippen MR) is 124 cm³/mol. The second kappa shape index (κ2) is 15.1. The molecule has 0 fully saturated rings. The smallest absolute Gasteiger partial charge is 0.326 e. The van der Waals surface area contributed by atoms with Gasteiger partial charge in [0, 0.05) is 19.3 Å². The monoisotopic (exact) mass is 509 g/mol. The van der Waals surface area contributed by atoms with Gasteiger partial charge in [-0.25, -0.2) is 4.79 Å². The molecule has 0 heterocycles. The number of aliphatic carboxylic acids is 2. The predicted octanol–water partition coefficient (Wildman–Crippen LogP) is -2.78. The van der Waals surface area contributed by atoms with E-state index in [0.717, 1.165) is 0 Å². The Kier molecular flexibility index (Phi) is 12.5. The van der Waals surface area contributed by atoms with Crippen molar-refractivity contribution in [3.05, 3.63) is 35.9 Å². The largest absolute Gasteiger partial charge is 0.481 e. The van der Waals surface area contributed by atoms with Crippen molar-refractivity contribution in [1.82, 2.24) is 16.0 Å². The van der Waals surface area contributed by atoms with E-state index in [1.807, 2.05) is 0 Å². The Balaban J connectivity index is 2.88. The second-order valence-electron chi connectivity index (χ2n) is 7.94. The fourth-order valence-electron chi connectivity index (χ4n) is 3.03. The first-order valence-corrected chi connectivity index (χ1v) is 11.0. The molecule has 4 amide bonds. The summed E-state index contributed by atoms with van der Waals surface area (Å²) in [5.41, 5.74) is 11.3. The van der Waals surface area contributed by atoms with Crippen LogP contribution in [0.25, 0.3) is 0 Å². The number of carbonyl (C=O) groups excluding carboxylic acids is 4. The number of hydrogen-bond donors (Lipinski definition) is 8. The number of carbonyl (C=O) groups is 6. The highest BCUT2D eigenvalue weighted by molar-refractivity contribution is 5.94. The summed E-state index contributed by atoms with van der Waals surface area (Å²) in [4.78, 5) is 71.0. The normalized spacial score (nSPS) is 13.9. The Morgan fingerprint density at radius 3 is 1.86 bits per heavy atom. The van der Waals surface area contributed by atoms with Crippen LogP contribution < -0.4 is 27.4 Å². The Hall–Kier alpha value is -4.04. The van der Waals surface area contributed by atoms with Crippen molar-refractivity contribution in [2.45, 2.75) is 56.3 Å². The molecule has 1 aromatic rings. The minimum atomic E-state index is -1.59. The maximum absolute atomic E-state index is 12.7. The number of amides is 4. The van der Waals surface area contributed by atoms with Crippen molar-refractivity contribution >= 4 is 35.6 Å². The maximum Gasteiger partial charge on any atom is 0.326 e. The first-order chi connectivity index (χ1) is 16.9. The van der Waals surface area contributed by atoms with Crippen molar-refractivity contribution in [3.63, 3.8) is 0 Å². The van der Waals surface area contributed by atoms with E-state index >= 15 is 0 Å². The molecule has 14 nitrogen and oxygen atoms in total. The van der Waals surface area contributed by atoms with Gasteiger partial charge in [-0.2, -0.15) is 0 Å². The molecule has 0 saturated carbocycles. The Morgan fingerprint density at radius 1 is 0.778 bits per heavy atom. The standard InChI is InChI=1S/C22H31N5O9/c23-13(6-8-17(24)29)19(32)25-14(7-9-18(30)31)20(33)27-16(11-28)21(34)26-15(22(35)36)10-12-4-2-1-3-5-12/h1-5,13-16,28H,6-11,23H2,(H2,24,29)(H,25,32)(H,26,34)(H,27,33)(H,30,31)(H,35,36). The van der Waals surface area contributed by atoms with Gasteiger partial charge in [0.1, 0.15) is 18.1 Å². The average molecular weight is 510 g/mol. The highest BCUT2D eigenvalue weighted by atomic mass is 16.4. The van der Waals surface area contributed by atoms with Gasteiger partial charge in [-0.3, -0.25) is 24.0 Å². The van der Waals surface area contributed by atoms with E-state index in [1.165, 1.54) is 0 Å². The van der Waals surface area contributed by atoms with Crippen molar-refractivity contribution in [1.29, 1.82) is 0 Å². The van der Waals surface area contributed by atoms with Crippen LogP contribution in [-0.4, -0.2) is 81.7 Å². The number of carboxylic acids is 2. The summed E-state index contributed by atoms with van der Waals surface area (Å²) in [5.74, 6) is -6.16. The average Bonchev–Trinajstić information content (AvgIpc) is 2.82. The number of nitrogens with two attached hydrogens (primary N) is 2. The van der Waals surface area contributed by atoms with Gasteiger partial charge >= 0.3 is 11.9 Å². The Labute approximate surface area is 206 Å². The number of nitrogens with one attached hydrogen (secondary N) is 3. The molecule has 0 radical (unpaired) electrons. The van der Waals surface area contributed by atoms with Crippen LogP contribution in [0.5, 0.6) is 0 Å². The molecule has 4 unspecified atom stereocenters. The highest BCUT2D eigenvalue weighted by Gasteiger charge is 2.30. The number of primary amides is 1. The van der Waals surface area contributed by atoms with E-state index in [4.69, 9.17) is 16.6 Å². The zero-order valence-corrected chi connectivity index (χ0v) is 19.4. The van der Waals surface area contributed by atoms with Crippen molar-refractivity contribution in [3.8, 4) is 0 Å². The first kappa shape index (κ1) is 30.0. The molecule has 4 atom stereocenters. The van der Waals surface area contributed by atoms with Gasteiger partial charge in [0.05, 0.1) is 12.6 Å². The van der Waals surface area contributed by atoms with Crippen molar-refractivity contribution in [2.75, 3.05) is 6.61 Å². The first-order valence-electron chi connectivity index (χ1n) is 11.0. The molecule has 14 heteroatoms. The number of aliphatic hydroxyl groups is 1. The maximum atomic E-state index is 12.7. The zero-order chi connectivity index (χ0) is 27.3. The number of aliphatic hydroxyl groups excluding tert-OH is 1. The molecule has 1 aromatic carbocycles. The van der Waals surface area contributed by atoms with E-state index in [9.17, 15) is 39.0 Å². The van der Waals surface area contributed by atoms with Crippen LogP contribution in [0.3, 0.4) is 0 Å². The zero-order valence-electron chi connectivity index (χ0n) is 19.4. The molecule has 0 aliphatic heterocycles. The lowest BCUT2D eigenvalue weighted by Gasteiger charge is -2.24. The second-order valence-corrected chi connectivity index (χ2v) is 7.94. The topological polar surface area (TPSA) is 251 Å². The molecule has 36 heavy (non-hydrogen) atoms. The molecule has 0 saturated heterocycles. The SMILES string of the molecule is NC(=O)CCC(N)C(=O)NC(CCC(=O)O)C(=O)NC(CO)C(=O)NC(Cc1ccccc1)C(=O)O. The van der Waals surface area contributed by atoms with Crippen LogP contribution in [-0.2, 0) is 35.2 Å². The van der Waals surface area contributed by atoms with Crippen LogP contribution in [0.4, 0.5) is 0 Å². The summed E-state index contributed by atoms with van der Waals surface area (Å²) in [5, 5.41) is 34.7. The molecular weight excluding hydrogens is 478 g/mol. The minimum absolute atomic E-state index is 0.0610. The summed E-state index contributed by atoms with van der Waals surface area (Å²) in [6, 6.07) is 2.82. The van der Waals surface area contributed by atoms with Crippen LogP contribution in [0.2, 0.25) is 0 Å². The number of carboxylic acid groups (broad SMARTS) is 2. The van der Waals surface area contributed by atoms with Gasteiger partial charge in [0.15, 0.2) is 0 Å². The lowest BCUT2D eigenvalue weighted by Crippen LogP contribution is -2.58. The molecule has 198 valence electrons. The van der Waals surface area contributed by atoms with Crippen molar-refractivity contribution < 1.29 is 44.1 Å². The number of benzene rings is 1. The Bertz CT molecular complexity index is 941. The number of rotatable bonds is 16. The van der Waals surface area contributed by atoms with E-state index in [1.54, 1.807) is 30.3 Å². The molecule has 1 rings (SSSR count). The molecule has 10 N–H and O–H groups in total. The lowest BCUT2D eigenvalue weighted by molar-refractivity contribution is -0.142. The third-order valence-corrected chi connectivity index (χ3v) is 5.03. The van der Waals surface area contributed by atoms with Gasteiger partial charge in [-0.1, -0.05) is 30.3 Å². The van der Waals surface area contributed by atoms with E-state index in [0.29, 0.717) is 5.56 Å². The van der Waals surface area contributed by atoms with Crippen LogP contribution >= 0.6 is 0 Å². The third kappa shape index (κ3) is 10.9. The van der Waals surface area contributed by atoms with Gasteiger partial charge in [-0.05, 0) is 18.4 Å². The molecule has 0 aliphatic rings. The van der Waals surface area contributed by atoms with Crippen LogP contribution in [0, 0.1) is 0 Å². The van der Waals surface area contributed by atoms with E-state index < -0.39 is 72.8 Å².